The number of ether oxygens (including phenoxy) is 1. The molecule has 0 unspecified atom stereocenters. The highest BCUT2D eigenvalue weighted by molar-refractivity contribution is 7.98. The number of nitrogens with one attached hydrogen (secondary N) is 1. The number of benzene rings is 2. The molecule has 2 aromatic rings. The van der Waals surface area contributed by atoms with Gasteiger partial charge >= 0.3 is 12.1 Å². The van der Waals surface area contributed by atoms with Gasteiger partial charge in [0.1, 0.15) is 12.6 Å². The lowest BCUT2D eigenvalue weighted by atomic mass is 9.98. The zero-order valence-corrected chi connectivity index (χ0v) is 20.8. The molecule has 2 aromatic carbocycles. The molecule has 1 fully saturated rings. The minimum Gasteiger partial charge on any atom is -0.481 e. The Morgan fingerprint density at radius 3 is 2.29 bits per heavy atom. The van der Waals surface area contributed by atoms with Crippen molar-refractivity contribution in [1.29, 1.82) is 0 Å². The fourth-order valence-electron chi connectivity index (χ4n) is 4.63. The van der Waals surface area contributed by atoms with Crippen molar-refractivity contribution in [3.63, 3.8) is 0 Å². The molecule has 2 aliphatic rings. The normalized spacial score (nSPS) is 15.1. The van der Waals surface area contributed by atoms with Crippen molar-refractivity contribution >= 4 is 29.7 Å². The van der Waals surface area contributed by atoms with Gasteiger partial charge in [0, 0.05) is 19.0 Å². The number of thioether (sulfide) groups is 1. The molecule has 0 radical (unpaired) electrons. The average molecular weight is 497 g/mol. The van der Waals surface area contributed by atoms with Crippen LogP contribution in [0.15, 0.2) is 48.5 Å². The Morgan fingerprint density at radius 2 is 1.71 bits per heavy atom. The van der Waals surface area contributed by atoms with E-state index in [9.17, 15) is 14.4 Å². The van der Waals surface area contributed by atoms with Crippen LogP contribution in [0.4, 0.5) is 4.79 Å². The van der Waals surface area contributed by atoms with E-state index < -0.39 is 18.1 Å². The number of nitrogens with zero attached hydrogens (tertiary/aromatic N) is 1. The van der Waals surface area contributed by atoms with Crippen LogP contribution in [0.1, 0.15) is 42.7 Å². The molecule has 186 valence electrons. The van der Waals surface area contributed by atoms with E-state index in [1.54, 1.807) is 16.7 Å². The van der Waals surface area contributed by atoms with Crippen molar-refractivity contribution in [2.45, 2.75) is 37.6 Å². The predicted octanol–water partition coefficient (Wildman–Crippen LogP) is 4.36. The second kappa shape index (κ2) is 11.6. The molecule has 2 N–H and O–H groups in total. The Hall–Kier alpha value is -3.00. The molecule has 0 aromatic heterocycles. The fourth-order valence-corrected chi connectivity index (χ4v) is 5.10. The lowest BCUT2D eigenvalue weighted by molar-refractivity contribution is -0.139. The lowest BCUT2D eigenvalue weighted by Crippen LogP contribution is -2.50. The standard InChI is InChI=1S/C27H32N2O5S/c1-35-15-13-24(26(32)29(14-12-25(30)31)16-18-10-11-18)28-27(33)34-17-23-21-8-4-2-6-19(21)20-7-3-5-9-22(20)23/h2-9,18,23-24H,10-17H2,1H3,(H,28,33)(H,30,31)/t24-/m0/s1. The van der Waals surface area contributed by atoms with Gasteiger partial charge in [-0.05, 0) is 59.4 Å². The number of carboxylic acids is 1. The summed E-state index contributed by atoms with van der Waals surface area (Å²) in [6.45, 7) is 0.856. The fraction of sp³-hybridized carbons (Fsp3) is 0.444. The molecule has 0 aliphatic heterocycles. The Labute approximate surface area is 210 Å². The molecule has 35 heavy (non-hydrogen) atoms. The number of carboxylic acid groups (broad SMARTS) is 1. The summed E-state index contributed by atoms with van der Waals surface area (Å²) in [4.78, 5) is 38.8. The number of rotatable bonds is 12. The first-order valence-corrected chi connectivity index (χ1v) is 13.5. The summed E-state index contributed by atoms with van der Waals surface area (Å²) >= 11 is 1.59. The summed E-state index contributed by atoms with van der Waals surface area (Å²) in [6.07, 6.45) is 3.76. The highest BCUT2D eigenvalue weighted by Gasteiger charge is 2.33. The number of hydrogen-bond donors (Lipinski definition) is 2. The molecule has 1 atom stereocenters. The van der Waals surface area contributed by atoms with Crippen LogP contribution >= 0.6 is 11.8 Å². The van der Waals surface area contributed by atoms with Gasteiger partial charge in [-0.15, -0.1) is 0 Å². The molecule has 8 heteroatoms. The van der Waals surface area contributed by atoms with E-state index in [1.807, 2.05) is 30.5 Å². The highest BCUT2D eigenvalue weighted by Crippen LogP contribution is 2.44. The quantitative estimate of drug-likeness (QED) is 0.453. The van der Waals surface area contributed by atoms with Gasteiger partial charge in [0.15, 0.2) is 0 Å². The van der Waals surface area contributed by atoms with Crippen molar-refractivity contribution in [3.05, 3.63) is 59.7 Å². The summed E-state index contributed by atoms with van der Waals surface area (Å²) in [5.41, 5.74) is 4.56. The van der Waals surface area contributed by atoms with E-state index in [4.69, 9.17) is 9.84 Å². The number of hydrogen-bond acceptors (Lipinski definition) is 5. The maximum absolute atomic E-state index is 13.3. The zero-order valence-electron chi connectivity index (χ0n) is 19.9. The maximum atomic E-state index is 13.3. The summed E-state index contributed by atoms with van der Waals surface area (Å²) < 4.78 is 5.65. The van der Waals surface area contributed by atoms with E-state index in [2.05, 4.69) is 29.6 Å². The van der Waals surface area contributed by atoms with Crippen LogP contribution in [0.2, 0.25) is 0 Å². The van der Waals surface area contributed by atoms with Crippen LogP contribution < -0.4 is 5.32 Å². The van der Waals surface area contributed by atoms with E-state index in [0.717, 1.165) is 35.1 Å². The Bertz CT molecular complexity index is 1030. The number of aliphatic carboxylic acids is 1. The number of fused-ring (bicyclic) bond motifs is 3. The lowest BCUT2D eigenvalue weighted by Gasteiger charge is -2.27. The smallest absolute Gasteiger partial charge is 0.407 e. The van der Waals surface area contributed by atoms with Crippen LogP contribution in [0.3, 0.4) is 0 Å². The molecule has 4 rings (SSSR count). The van der Waals surface area contributed by atoms with Crippen LogP contribution in [0.5, 0.6) is 0 Å². The monoisotopic (exact) mass is 496 g/mol. The molecule has 0 bridgehead atoms. The van der Waals surface area contributed by atoms with E-state index in [-0.39, 0.29) is 31.4 Å². The molecule has 2 amide bonds. The number of carbonyl (C=O) groups is 3. The Kier molecular flexibility index (Phi) is 8.33. The first kappa shape index (κ1) is 25.1. The molecule has 0 heterocycles. The van der Waals surface area contributed by atoms with Crippen molar-refractivity contribution < 1.29 is 24.2 Å². The maximum Gasteiger partial charge on any atom is 0.407 e. The average Bonchev–Trinajstić information content (AvgIpc) is 3.63. The predicted molar refractivity (Wildman–Crippen MR) is 137 cm³/mol. The largest absolute Gasteiger partial charge is 0.481 e. The molecule has 0 saturated heterocycles. The van der Waals surface area contributed by atoms with Gasteiger partial charge in [-0.2, -0.15) is 11.8 Å². The van der Waals surface area contributed by atoms with Crippen molar-refractivity contribution in [1.82, 2.24) is 10.2 Å². The third-order valence-corrected chi connectivity index (χ3v) is 7.27. The van der Waals surface area contributed by atoms with E-state index in [1.165, 1.54) is 0 Å². The van der Waals surface area contributed by atoms with Crippen molar-refractivity contribution in [2.75, 3.05) is 31.7 Å². The molecule has 1 saturated carbocycles. The van der Waals surface area contributed by atoms with Gasteiger partial charge in [0.25, 0.3) is 0 Å². The summed E-state index contributed by atoms with van der Waals surface area (Å²) in [6, 6.07) is 15.5. The Morgan fingerprint density at radius 1 is 1.09 bits per heavy atom. The van der Waals surface area contributed by atoms with Crippen LogP contribution in [0.25, 0.3) is 11.1 Å². The second-order valence-electron chi connectivity index (χ2n) is 9.18. The molecular weight excluding hydrogens is 464 g/mol. The van der Waals surface area contributed by atoms with E-state index >= 15 is 0 Å². The Balaban J connectivity index is 1.41. The van der Waals surface area contributed by atoms with Crippen molar-refractivity contribution in [3.8, 4) is 11.1 Å². The molecule has 0 spiro atoms. The van der Waals surface area contributed by atoms with Gasteiger partial charge in [-0.25, -0.2) is 4.79 Å². The van der Waals surface area contributed by atoms with Gasteiger partial charge in [0.05, 0.1) is 6.42 Å². The molecule has 2 aliphatic carbocycles. The third-order valence-electron chi connectivity index (χ3n) is 6.63. The zero-order chi connectivity index (χ0) is 24.8. The summed E-state index contributed by atoms with van der Waals surface area (Å²) in [5.74, 6) is -0.126. The van der Waals surface area contributed by atoms with Gasteiger partial charge < -0.3 is 20.1 Å². The van der Waals surface area contributed by atoms with Crippen molar-refractivity contribution in [2.24, 2.45) is 5.92 Å². The summed E-state index contributed by atoms with van der Waals surface area (Å²) in [7, 11) is 0. The first-order chi connectivity index (χ1) is 17.0. The van der Waals surface area contributed by atoms with Gasteiger partial charge in [0.2, 0.25) is 5.91 Å². The molecule has 7 nitrogen and oxygen atoms in total. The number of carbonyl (C=O) groups excluding carboxylic acids is 2. The number of amides is 2. The number of alkyl carbamates (subject to hydrolysis) is 1. The minimum atomic E-state index is -0.941. The topological polar surface area (TPSA) is 95.9 Å². The first-order valence-electron chi connectivity index (χ1n) is 12.1. The second-order valence-corrected chi connectivity index (χ2v) is 10.2. The van der Waals surface area contributed by atoms with Gasteiger partial charge in [-0.1, -0.05) is 48.5 Å². The van der Waals surface area contributed by atoms with Crippen LogP contribution in [-0.4, -0.2) is 65.7 Å². The van der Waals surface area contributed by atoms with Crippen LogP contribution in [0, 0.1) is 5.92 Å². The highest BCUT2D eigenvalue weighted by atomic mass is 32.2. The minimum absolute atomic E-state index is 0.0598. The van der Waals surface area contributed by atoms with E-state index in [0.29, 0.717) is 24.6 Å². The summed E-state index contributed by atoms with van der Waals surface area (Å²) in [5, 5.41) is 11.9. The SMILES string of the molecule is CSCC[C@H](NC(=O)OCC1c2ccccc2-c2ccccc21)C(=O)N(CCC(=O)O)CC1CC1. The van der Waals surface area contributed by atoms with Gasteiger partial charge in [-0.3, -0.25) is 9.59 Å². The van der Waals surface area contributed by atoms with Crippen LogP contribution in [-0.2, 0) is 14.3 Å². The third kappa shape index (κ3) is 6.36. The molecular formula is C27H32N2O5S.